The maximum absolute atomic E-state index is 12.9. The lowest BCUT2D eigenvalue weighted by Gasteiger charge is -2.13. The molecule has 2 aromatic carbocycles. The summed E-state index contributed by atoms with van der Waals surface area (Å²) in [7, 11) is 0. The normalized spacial score (nSPS) is 12.5. The molecule has 4 rings (SSSR count). The van der Waals surface area contributed by atoms with E-state index in [2.05, 4.69) is 10.2 Å². The van der Waals surface area contributed by atoms with Gasteiger partial charge in [0, 0.05) is 17.3 Å². The van der Waals surface area contributed by atoms with Crippen LogP contribution in [0.3, 0.4) is 0 Å². The molecule has 1 N–H and O–H groups in total. The van der Waals surface area contributed by atoms with Gasteiger partial charge >= 0.3 is 0 Å². The number of nitrogens with zero attached hydrogens (tertiary/aromatic N) is 4. The molecular weight excluding hydrogens is 424 g/mol. The van der Waals surface area contributed by atoms with Gasteiger partial charge in [-0.25, -0.2) is 0 Å². The van der Waals surface area contributed by atoms with E-state index >= 15 is 0 Å². The van der Waals surface area contributed by atoms with Crippen molar-refractivity contribution in [1.82, 2.24) is 19.2 Å². The Morgan fingerprint density at radius 3 is 2.70 bits per heavy atom. The number of thioether (sulfide) groups is 1. The first kappa shape index (κ1) is 20.7. The zero-order valence-corrected chi connectivity index (χ0v) is 17.9. The van der Waals surface area contributed by atoms with E-state index in [1.54, 1.807) is 28.8 Å². The van der Waals surface area contributed by atoms with Gasteiger partial charge < -0.3 is 9.84 Å². The maximum atomic E-state index is 12.9. The minimum atomic E-state index is -0.703. The third kappa shape index (κ3) is 4.16. The summed E-state index contributed by atoms with van der Waals surface area (Å²) >= 11 is 7.24. The number of ether oxygens (including phenoxy) is 1. The number of aryl methyl sites for hydroxylation is 1. The van der Waals surface area contributed by atoms with E-state index in [1.165, 1.54) is 11.8 Å². The van der Waals surface area contributed by atoms with Crippen LogP contribution in [0.1, 0.15) is 13.3 Å². The highest BCUT2D eigenvalue weighted by Gasteiger charge is 2.17. The molecule has 0 amide bonds. The molecule has 30 heavy (non-hydrogen) atoms. The topological polar surface area (TPSA) is 81.7 Å². The van der Waals surface area contributed by atoms with Crippen molar-refractivity contribution in [3.8, 4) is 5.75 Å². The monoisotopic (exact) mass is 444 g/mol. The van der Waals surface area contributed by atoms with Crippen LogP contribution in [-0.2, 0) is 6.54 Å². The Bertz CT molecular complexity index is 1220. The molecule has 0 fully saturated rings. The molecule has 0 aliphatic rings. The van der Waals surface area contributed by atoms with E-state index in [0.29, 0.717) is 39.4 Å². The van der Waals surface area contributed by atoms with Crippen molar-refractivity contribution in [3.63, 3.8) is 0 Å². The summed E-state index contributed by atoms with van der Waals surface area (Å²) in [5, 5.41) is 20.8. The molecule has 2 aromatic heterocycles. The van der Waals surface area contributed by atoms with E-state index in [-0.39, 0.29) is 12.2 Å². The standard InChI is InChI=1S/C21H21ClN4O3S/c1-2-11-25-19(28)17-5-3-4-6-18(17)26-20(25)23-24-21(26)30-13-15(27)12-29-16-9-7-14(22)8-10-16/h3-10,15,27H,2,11-13H2,1H3. The molecule has 9 heteroatoms. The summed E-state index contributed by atoms with van der Waals surface area (Å²) in [4.78, 5) is 12.9. The van der Waals surface area contributed by atoms with Crippen molar-refractivity contribution in [2.75, 3.05) is 12.4 Å². The Morgan fingerprint density at radius 1 is 1.17 bits per heavy atom. The van der Waals surface area contributed by atoms with Gasteiger partial charge in [0.25, 0.3) is 5.56 Å². The maximum Gasteiger partial charge on any atom is 0.262 e. The highest BCUT2D eigenvalue weighted by molar-refractivity contribution is 7.99. The molecule has 0 radical (unpaired) electrons. The van der Waals surface area contributed by atoms with Gasteiger partial charge in [-0.2, -0.15) is 0 Å². The van der Waals surface area contributed by atoms with Gasteiger partial charge in [-0.05, 0) is 42.8 Å². The highest BCUT2D eigenvalue weighted by atomic mass is 35.5. The summed E-state index contributed by atoms with van der Waals surface area (Å²) in [5.74, 6) is 1.52. The molecule has 0 aliphatic heterocycles. The van der Waals surface area contributed by atoms with Crippen LogP contribution in [0.15, 0.2) is 58.5 Å². The van der Waals surface area contributed by atoms with Crippen LogP contribution in [-0.4, -0.2) is 42.7 Å². The molecule has 156 valence electrons. The Hall–Kier alpha value is -2.55. The molecule has 7 nitrogen and oxygen atoms in total. The van der Waals surface area contributed by atoms with Gasteiger partial charge in [-0.15, -0.1) is 10.2 Å². The highest BCUT2D eigenvalue weighted by Crippen LogP contribution is 2.23. The first-order valence-electron chi connectivity index (χ1n) is 9.64. The second-order valence-electron chi connectivity index (χ2n) is 6.82. The van der Waals surface area contributed by atoms with Crippen molar-refractivity contribution < 1.29 is 9.84 Å². The lowest BCUT2D eigenvalue weighted by molar-refractivity contribution is 0.126. The number of para-hydroxylation sites is 1. The first-order valence-corrected chi connectivity index (χ1v) is 11.0. The van der Waals surface area contributed by atoms with Crippen LogP contribution in [0, 0.1) is 0 Å². The average Bonchev–Trinajstić information content (AvgIpc) is 3.19. The van der Waals surface area contributed by atoms with Crippen LogP contribution in [0.4, 0.5) is 0 Å². The molecule has 0 saturated carbocycles. The largest absolute Gasteiger partial charge is 0.491 e. The van der Waals surface area contributed by atoms with Gasteiger partial charge in [0.1, 0.15) is 12.4 Å². The smallest absolute Gasteiger partial charge is 0.262 e. The summed E-state index contributed by atoms with van der Waals surface area (Å²) in [5.41, 5.74) is 0.685. The second kappa shape index (κ2) is 9.07. The number of fused-ring (bicyclic) bond motifs is 3. The lowest BCUT2D eigenvalue weighted by atomic mass is 10.2. The molecule has 4 aromatic rings. The van der Waals surface area contributed by atoms with Crippen LogP contribution in [0.5, 0.6) is 5.75 Å². The van der Waals surface area contributed by atoms with Gasteiger partial charge in [-0.1, -0.05) is 42.4 Å². The predicted octanol–water partition coefficient (Wildman–Crippen LogP) is 3.64. The lowest BCUT2D eigenvalue weighted by Crippen LogP contribution is -2.23. The van der Waals surface area contributed by atoms with E-state index < -0.39 is 6.10 Å². The number of halogens is 1. The van der Waals surface area contributed by atoms with Gasteiger partial charge in [-0.3, -0.25) is 13.8 Å². The summed E-state index contributed by atoms with van der Waals surface area (Å²) in [6.07, 6.45) is 0.107. The number of aliphatic hydroxyl groups excluding tert-OH is 1. The minimum absolute atomic E-state index is 0.0692. The molecular formula is C21H21ClN4O3S. The number of rotatable bonds is 8. The van der Waals surface area contributed by atoms with E-state index in [0.717, 1.165) is 11.9 Å². The Balaban J connectivity index is 1.56. The Morgan fingerprint density at radius 2 is 1.93 bits per heavy atom. The van der Waals surface area contributed by atoms with Crippen molar-refractivity contribution in [1.29, 1.82) is 0 Å². The van der Waals surface area contributed by atoms with E-state index in [4.69, 9.17) is 16.3 Å². The van der Waals surface area contributed by atoms with Gasteiger partial charge in [0.2, 0.25) is 5.78 Å². The summed E-state index contributed by atoms with van der Waals surface area (Å²) < 4.78 is 9.14. The quantitative estimate of drug-likeness (QED) is 0.418. The molecule has 1 unspecified atom stereocenters. The number of aromatic nitrogens is 4. The Kier molecular flexibility index (Phi) is 6.26. The van der Waals surface area contributed by atoms with E-state index in [1.807, 2.05) is 35.6 Å². The number of benzene rings is 2. The first-order chi connectivity index (χ1) is 14.6. The van der Waals surface area contributed by atoms with Crippen molar-refractivity contribution in [2.45, 2.75) is 31.1 Å². The van der Waals surface area contributed by atoms with Crippen molar-refractivity contribution in [3.05, 3.63) is 63.9 Å². The second-order valence-corrected chi connectivity index (χ2v) is 8.25. The molecule has 0 aliphatic carbocycles. The van der Waals surface area contributed by atoms with Crippen LogP contribution < -0.4 is 10.3 Å². The fourth-order valence-corrected chi connectivity index (χ4v) is 4.17. The average molecular weight is 445 g/mol. The number of hydrogen-bond acceptors (Lipinski definition) is 6. The van der Waals surface area contributed by atoms with Gasteiger partial charge in [0.15, 0.2) is 5.16 Å². The molecule has 1 atom stereocenters. The van der Waals surface area contributed by atoms with Crippen molar-refractivity contribution in [2.24, 2.45) is 0 Å². The Labute approximate surface area is 182 Å². The molecule has 2 heterocycles. The fraction of sp³-hybridized carbons (Fsp3) is 0.286. The number of hydrogen-bond donors (Lipinski definition) is 1. The molecule has 0 bridgehead atoms. The predicted molar refractivity (Wildman–Crippen MR) is 119 cm³/mol. The third-order valence-electron chi connectivity index (χ3n) is 4.59. The summed E-state index contributed by atoms with van der Waals surface area (Å²) in [6.45, 7) is 2.72. The van der Waals surface area contributed by atoms with Crippen LogP contribution >= 0.6 is 23.4 Å². The zero-order valence-electron chi connectivity index (χ0n) is 16.4. The summed E-state index contributed by atoms with van der Waals surface area (Å²) in [6, 6.07) is 14.4. The van der Waals surface area contributed by atoms with E-state index in [9.17, 15) is 9.90 Å². The molecule has 0 spiro atoms. The minimum Gasteiger partial charge on any atom is -0.491 e. The fourth-order valence-electron chi connectivity index (χ4n) is 3.19. The zero-order chi connectivity index (χ0) is 21.1. The van der Waals surface area contributed by atoms with Crippen LogP contribution in [0.25, 0.3) is 16.7 Å². The third-order valence-corrected chi connectivity index (χ3v) is 5.91. The SMILES string of the molecule is CCCn1c(=O)c2ccccc2n2c(SCC(O)COc3ccc(Cl)cc3)nnc12. The van der Waals surface area contributed by atoms with Crippen LogP contribution in [0.2, 0.25) is 5.02 Å². The van der Waals surface area contributed by atoms with Gasteiger partial charge in [0.05, 0.1) is 17.0 Å². The number of aliphatic hydroxyl groups is 1. The molecule has 0 saturated heterocycles. The van der Waals surface area contributed by atoms with Crippen molar-refractivity contribution >= 4 is 40.0 Å².